The number of nitrogens with one attached hydrogen (secondary N) is 3. The first kappa shape index (κ1) is 14.9. The Morgan fingerprint density at radius 1 is 1.24 bits per heavy atom. The zero-order valence-electron chi connectivity index (χ0n) is 10.8. The fourth-order valence-corrected chi connectivity index (χ4v) is 2.94. The first-order chi connectivity index (χ1) is 7.99. The van der Waals surface area contributed by atoms with Gasteiger partial charge < -0.3 is 5.32 Å². The Morgan fingerprint density at radius 2 is 1.88 bits per heavy atom. The first-order valence-electron chi connectivity index (χ1n) is 6.44. The zero-order valence-corrected chi connectivity index (χ0v) is 11.6. The molecule has 3 N–H and O–H groups in total. The van der Waals surface area contributed by atoms with E-state index in [9.17, 15) is 8.42 Å². The Bertz CT molecular complexity index is 298. The quantitative estimate of drug-likeness (QED) is 0.625. The molecular formula is C11H25N3O2S. The summed E-state index contributed by atoms with van der Waals surface area (Å²) >= 11 is 0. The molecule has 0 atom stereocenters. The summed E-state index contributed by atoms with van der Waals surface area (Å²) in [6.07, 6.45) is 3.24. The highest BCUT2D eigenvalue weighted by Crippen LogP contribution is 2.14. The Hall–Kier alpha value is -0.170. The van der Waals surface area contributed by atoms with Crippen molar-refractivity contribution in [2.24, 2.45) is 11.8 Å². The predicted octanol–water partition coefficient (Wildman–Crippen LogP) is 0.456. The molecule has 0 amide bonds. The Labute approximate surface area is 105 Å². The summed E-state index contributed by atoms with van der Waals surface area (Å²) in [5.41, 5.74) is 0. The van der Waals surface area contributed by atoms with E-state index in [0.29, 0.717) is 24.9 Å². The summed E-state index contributed by atoms with van der Waals surface area (Å²) < 4.78 is 28.2. The SMILES string of the molecule is CC(C)CNS(=O)(=O)NCCC1CCNCC1. The number of hydrogen-bond acceptors (Lipinski definition) is 3. The summed E-state index contributed by atoms with van der Waals surface area (Å²) in [5.74, 6) is 0.986. The van der Waals surface area contributed by atoms with E-state index in [4.69, 9.17) is 0 Å². The van der Waals surface area contributed by atoms with E-state index >= 15 is 0 Å². The molecule has 1 heterocycles. The van der Waals surface area contributed by atoms with Gasteiger partial charge >= 0.3 is 0 Å². The van der Waals surface area contributed by atoms with Crippen LogP contribution < -0.4 is 14.8 Å². The third-order valence-corrected chi connectivity index (χ3v) is 4.12. The molecular weight excluding hydrogens is 238 g/mol. The van der Waals surface area contributed by atoms with Crippen molar-refractivity contribution in [2.45, 2.75) is 33.1 Å². The van der Waals surface area contributed by atoms with E-state index in [1.165, 1.54) is 0 Å². The third kappa shape index (κ3) is 6.98. The lowest BCUT2D eigenvalue weighted by atomic mass is 9.95. The van der Waals surface area contributed by atoms with Gasteiger partial charge in [0.15, 0.2) is 0 Å². The minimum atomic E-state index is -3.29. The third-order valence-electron chi connectivity index (χ3n) is 2.98. The molecule has 6 heteroatoms. The average molecular weight is 263 g/mol. The van der Waals surface area contributed by atoms with Crippen LogP contribution in [0.1, 0.15) is 33.1 Å². The lowest BCUT2D eigenvalue weighted by molar-refractivity contribution is 0.354. The maximum absolute atomic E-state index is 11.5. The van der Waals surface area contributed by atoms with Crippen LogP contribution in [-0.2, 0) is 10.2 Å². The largest absolute Gasteiger partial charge is 0.317 e. The van der Waals surface area contributed by atoms with Crippen LogP contribution >= 0.6 is 0 Å². The van der Waals surface area contributed by atoms with E-state index in [-0.39, 0.29) is 0 Å². The molecule has 5 nitrogen and oxygen atoms in total. The maximum atomic E-state index is 11.5. The Balaban J connectivity index is 2.15. The molecule has 0 aromatic rings. The molecule has 102 valence electrons. The molecule has 0 saturated carbocycles. The molecule has 0 radical (unpaired) electrons. The average Bonchev–Trinajstić information content (AvgIpc) is 2.28. The Morgan fingerprint density at radius 3 is 2.47 bits per heavy atom. The summed E-state index contributed by atoms with van der Waals surface area (Å²) in [7, 11) is -3.29. The molecule has 0 unspecified atom stereocenters. The van der Waals surface area contributed by atoms with Crippen molar-refractivity contribution in [3.8, 4) is 0 Å². The normalized spacial score (nSPS) is 18.8. The maximum Gasteiger partial charge on any atom is 0.276 e. The van der Waals surface area contributed by atoms with Crippen molar-refractivity contribution < 1.29 is 8.42 Å². The molecule has 1 aliphatic heterocycles. The van der Waals surface area contributed by atoms with Crippen molar-refractivity contribution >= 4 is 10.2 Å². The van der Waals surface area contributed by atoms with Crippen LogP contribution in [0.2, 0.25) is 0 Å². The van der Waals surface area contributed by atoms with Crippen molar-refractivity contribution in [2.75, 3.05) is 26.2 Å². The van der Waals surface area contributed by atoms with E-state index in [1.54, 1.807) is 0 Å². The van der Waals surface area contributed by atoms with Gasteiger partial charge in [0.1, 0.15) is 0 Å². The van der Waals surface area contributed by atoms with E-state index in [1.807, 2.05) is 13.8 Å². The number of piperidine rings is 1. The molecule has 17 heavy (non-hydrogen) atoms. The van der Waals surface area contributed by atoms with Crippen molar-refractivity contribution in [1.29, 1.82) is 0 Å². The van der Waals surface area contributed by atoms with Crippen molar-refractivity contribution in [1.82, 2.24) is 14.8 Å². The minimum Gasteiger partial charge on any atom is -0.317 e. The van der Waals surface area contributed by atoms with Crippen LogP contribution in [0.15, 0.2) is 0 Å². The minimum absolute atomic E-state index is 0.330. The molecule has 0 aromatic heterocycles. The first-order valence-corrected chi connectivity index (χ1v) is 7.93. The molecule has 0 aliphatic carbocycles. The fourth-order valence-electron chi connectivity index (χ4n) is 1.90. The molecule has 0 spiro atoms. The summed E-state index contributed by atoms with van der Waals surface area (Å²) in [5, 5.41) is 3.30. The zero-order chi connectivity index (χ0) is 12.7. The van der Waals surface area contributed by atoms with Crippen LogP contribution in [0, 0.1) is 11.8 Å². The molecule has 0 bridgehead atoms. The van der Waals surface area contributed by atoms with Crippen LogP contribution in [0.3, 0.4) is 0 Å². The molecule has 0 aromatic carbocycles. The van der Waals surface area contributed by atoms with Gasteiger partial charge in [0.05, 0.1) is 0 Å². The standard InChI is InChI=1S/C11H25N3O2S/c1-10(2)9-14-17(15,16)13-8-5-11-3-6-12-7-4-11/h10-14H,3-9H2,1-2H3. The molecule has 1 rings (SSSR count). The second-order valence-electron chi connectivity index (χ2n) is 5.12. The highest BCUT2D eigenvalue weighted by molar-refractivity contribution is 7.87. The van der Waals surface area contributed by atoms with Crippen LogP contribution in [-0.4, -0.2) is 34.6 Å². The summed E-state index contributed by atoms with van der Waals surface area (Å²) in [4.78, 5) is 0. The highest BCUT2D eigenvalue weighted by atomic mass is 32.2. The second-order valence-corrected chi connectivity index (χ2v) is 6.71. The van der Waals surface area contributed by atoms with E-state index in [2.05, 4.69) is 14.8 Å². The molecule has 1 aliphatic rings. The number of hydrogen-bond donors (Lipinski definition) is 3. The topological polar surface area (TPSA) is 70.2 Å². The number of rotatable bonds is 7. The van der Waals surface area contributed by atoms with Gasteiger partial charge in [-0.05, 0) is 44.2 Å². The lowest BCUT2D eigenvalue weighted by Crippen LogP contribution is -2.39. The van der Waals surface area contributed by atoms with Crippen molar-refractivity contribution in [3.05, 3.63) is 0 Å². The van der Waals surface area contributed by atoms with Gasteiger partial charge in [-0.15, -0.1) is 0 Å². The van der Waals surface area contributed by atoms with Gasteiger partial charge in [-0.2, -0.15) is 8.42 Å². The van der Waals surface area contributed by atoms with Crippen LogP contribution in [0.5, 0.6) is 0 Å². The molecule has 1 saturated heterocycles. The van der Waals surface area contributed by atoms with Gasteiger partial charge in [-0.1, -0.05) is 13.8 Å². The Kier molecular flexibility index (Phi) is 6.40. The van der Waals surface area contributed by atoms with Gasteiger partial charge in [0.2, 0.25) is 0 Å². The van der Waals surface area contributed by atoms with Crippen LogP contribution in [0.25, 0.3) is 0 Å². The summed E-state index contributed by atoms with van der Waals surface area (Å²) in [6, 6.07) is 0. The van der Waals surface area contributed by atoms with Gasteiger partial charge in [-0.25, -0.2) is 9.44 Å². The van der Waals surface area contributed by atoms with E-state index in [0.717, 1.165) is 32.4 Å². The van der Waals surface area contributed by atoms with Gasteiger partial charge in [0, 0.05) is 13.1 Å². The second kappa shape index (κ2) is 7.31. The summed E-state index contributed by atoms with van der Waals surface area (Å²) in [6.45, 7) is 7.11. The van der Waals surface area contributed by atoms with Gasteiger partial charge in [0.25, 0.3) is 10.2 Å². The molecule has 1 fully saturated rings. The highest BCUT2D eigenvalue weighted by Gasteiger charge is 2.14. The predicted molar refractivity (Wildman–Crippen MR) is 70.0 cm³/mol. The fraction of sp³-hybridized carbons (Fsp3) is 1.00. The smallest absolute Gasteiger partial charge is 0.276 e. The van der Waals surface area contributed by atoms with Crippen molar-refractivity contribution in [3.63, 3.8) is 0 Å². The van der Waals surface area contributed by atoms with Gasteiger partial charge in [-0.3, -0.25) is 0 Å². The van der Waals surface area contributed by atoms with Crippen LogP contribution in [0.4, 0.5) is 0 Å². The lowest BCUT2D eigenvalue weighted by Gasteiger charge is -2.22. The van der Waals surface area contributed by atoms with E-state index < -0.39 is 10.2 Å². The monoisotopic (exact) mass is 263 g/mol.